The van der Waals surface area contributed by atoms with Crippen molar-refractivity contribution in [2.24, 2.45) is 29.1 Å². The standard InChI is InChI=1S/C19H36N2/c1-5-21(12-14(2)3)13-18(20-4)19-9-15-6-16(10-19)8-17(7-15)11-19/h14-18,20H,5-13H2,1-4H3. The Kier molecular flexibility index (Phi) is 4.66. The molecule has 4 bridgehead atoms. The van der Waals surface area contributed by atoms with Crippen LogP contribution in [0.1, 0.15) is 59.3 Å². The van der Waals surface area contributed by atoms with Gasteiger partial charge in [-0.3, -0.25) is 0 Å². The van der Waals surface area contributed by atoms with Gasteiger partial charge in [0.15, 0.2) is 0 Å². The molecule has 1 atom stereocenters. The fourth-order valence-electron chi connectivity index (χ4n) is 6.30. The van der Waals surface area contributed by atoms with Gasteiger partial charge in [-0.25, -0.2) is 0 Å². The van der Waals surface area contributed by atoms with Crippen LogP contribution < -0.4 is 5.32 Å². The zero-order valence-corrected chi connectivity index (χ0v) is 14.7. The van der Waals surface area contributed by atoms with Crippen LogP contribution in [0.5, 0.6) is 0 Å². The molecule has 0 saturated heterocycles. The molecule has 2 heteroatoms. The summed E-state index contributed by atoms with van der Waals surface area (Å²) < 4.78 is 0. The Morgan fingerprint density at radius 3 is 1.90 bits per heavy atom. The lowest BCUT2D eigenvalue weighted by molar-refractivity contribution is -0.0777. The van der Waals surface area contributed by atoms with E-state index in [2.05, 4.69) is 38.0 Å². The summed E-state index contributed by atoms with van der Waals surface area (Å²) in [5, 5.41) is 3.76. The summed E-state index contributed by atoms with van der Waals surface area (Å²) in [5.74, 6) is 3.96. The normalized spacial score (nSPS) is 39.4. The molecule has 122 valence electrons. The molecule has 2 nitrogen and oxygen atoms in total. The van der Waals surface area contributed by atoms with Gasteiger partial charge in [0, 0.05) is 19.1 Å². The summed E-state index contributed by atoms with van der Waals surface area (Å²) in [7, 11) is 2.21. The van der Waals surface area contributed by atoms with E-state index in [-0.39, 0.29) is 0 Å². The monoisotopic (exact) mass is 292 g/mol. The van der Waals surface area contributed by atoms with Crippen molar-refractivity contribution in [1.29, 1.82) is 0 Å². The largest absolute Gasteiger partial charge is 0.315 e. The highest BCUT2D eigenvalue weighted by Crippen LogP contribution is 2.61. The summed E-state index contributed by atoms with van der Waals surface area (Å²) in [6, 6.07) is 0.713. The van der Waals surface area contributed by atoms with Crippen molar-refractivity contribution in [3.05, 3.63) is 0 Å². The summed E-state index contributed by atoms with van der Waals surface area (Å²) in [6.07, 6.45) is 9.22. The number of hydrogen-bond acceptors (Lipinski definition) is 2. The van der Waals surface area contributed by atoms with Crippen molar-refractivity contribution in [2.45, 2.75) is 65.3 Å². The number of nitrogens with zero attached hydrogens (tertiary/aromatic N) is 1. The topological polar surface area (TPSA) is 15.3 Å². The molecule has 0 aromatic carbocycles. The third-order valence-corrected chi connectivity index (χ3v) is 6.68. The molecule has 4 aliphatic carbocycles. The predicted octanol–water partition coefficient (Wildman–Crippen LogP) is 3.77. The second-order valence-electron chi connectivity index (χ2n) is 8.87. The van der Waals surface area contributed by atoms with Crippen LogP contribution in [0.2, 0.25) is 0 Å². The molecule has 0 aliphatic heterocycles. The molecule has 0 spiro atoms. The van der Waals surface area contributed by atoms with Crippen LogP contribution in [0.3, 0.4) is 0 Å². The zero-order chi connectivity index (χ0) is 15.0. The predicted molar refractivity (Wildman–Crippen MR) is 90.4 cm³/mol. The van der Waals surface area contributed by atoms with E-state index in [4.69, 9.17) is 0 Å². The molecular weight excluding hydrogens is 256 g/mol. The maximum atomic E-state index is 3.76. The summed E-state index contributed by atoms with van der Waals surface area (Å²) >= 11 is 0. The van der Waals surface area contributed by atoms with E-state index in [1.54, 1.807) is 19.3 Å². The SMILES string of the molecule is CCN(CC(C)C)CC(NC)C12CC3CC(CC(C3)C1)C2. The molecule has 4 aliphatic rings. The average Bonchev–Trinajstić information content (AvgIpc) is 2.41. The van der Waals surface area contributed by atoms with Crippen LogP contribution in [0.15, 0.2) is 0 Å². The molecule has 1 N–H and O–H groups in total. The van der Waals surface area contributed by atoms with E-state index in [1.165, 1.54) is 38.9 Å². The lowest BCUT2D eigenvalue weighted by Gasteiger charge is -2.60. The highest BCUT2D eigenvalue weighted by Gasteiger charge is 2.53. The molecule has 0 radical (unpaired) electrons. The molecular formula is C19H36N2. The Hall–Kier alpha value is -0.0800. The van der Waals surface area contributed by atoms with E-state index in [1.807, 2.05) is 0 Å². The lowest BCUT2D eigenvalue weighted by atomic mass is 9.47. The van der Waals surface area contributed by atoms with Crippen molar-refractivity contribution in [2.75, 3.05) is 26.7 Å². The molecule has 4 rings (SSSR count). The van der Waals surface area contributed by atoms with Gasteiger partial charge in [-0.2, -0.15) is 0 Å². The van der Waals surface area contributed by atoms with Crippen molar-refractivity contribution in [1.82, 2.24) is 10.2 Å². The van der Waals surface area contributed by atoms with Crippen molar-refractivity contribution in [3.8, 4) is 0 Å². The molecule has 21 heavy (non-hydrogen) atoms. The highest BCUT2D eigenvalue weighted by atomic mass is 15.1. The van der Waals surface area contributed by atoms with Gasteiger partial charge in [0.05, 0.1) is 0 Å². The van der Waals surface area contributed by atoms with Gasteiger partial charge in [-0.1, -0.05) is 20.8 Å². The van der Waals surface area contributed by atoms with Crippen LogP contribution in [-0.4, -0.2) is 37.6 Å². The van der Waals surface area contributed by atoms with Crippen LogP contribution >= 0.6 is 0 Å². The van der Waals surface area contributed by atoms with Gasteiger partial charge in [-0.15, -0.1) is 0 Å². The lowest BCUT2D eigenvalue weighted by Crippen LogP contribution is -2.58. The Labute approximate surface area is 132 Å². The highest BCUT2D eigenvalue weighted by molar-refractivity contribution is 5.06. The molecule has 0 amide bonds. The maximum absolute atomic E-state index is 3.76. The van der Waals surface area contributed by atoms with Crippen LogP contribution in [0, 0.1) is 29.1 Å². The number of nitrogens with one attached hydrogen (secondary N) is 1. The average molecular weight is 293 g/mol. The van der Waals surface area contributed by atoms with Crippen molar-refractivity contribution in [3.63, 3.8) is 0 Å². The Morgan fingerprint density at radius 1 is 1.00 bits per heavy atom. The second kappa shape index (κ2) is 6.20. The van der Waals surface area contributed by atoms with Crippen LogP contribution in [0.4, 0.5) is 0 Å². The maximum Gasteiger partial charge on any atom is 0.0248 e. The molecule has 4 saturated carbocycles. The summed E-state index contributed by atoms with van der Waals surface area (Å²) in [6.45, 7) is 10.7. The second-order valence-corrected chi connectivity index (χ2v) is 8.87. The Morgan fingerprint density at radius 2 is 1.52 bits per heavy atom. The minimum absolute atomic E-state index is 0.633. The Bertz CT molecular complexity index is 314. The molecule has 0 heterocycles. The number of hydrogen-bond donors (Lipinski definition) is 1. The molecule has 0 aromatic heterocycles. The van der Waals surface area contributed by atoms with Gasteiger partial charge >= 0.3 is 0 Å². The minimum Gasteiger partial charge on any atom is -0.315 e. The van der Waals surface area contributed by atoms with E-state index in [0.29, 0.717) is 11.5 Å². The van der Waals surface area contributed by atoms with E-state index in [0.717, 1.165) is 23.7 Å². The van der Waals surface area contributed by atoms with Crippen LogP contribution in [0.25, 0.3) is 0 Å². The van der Waals surface area contributed by atoms with Gasteiger partial charge < -0.3 is 10.2 Å². The van der Waals surface area contributed by atoms with E-state index in [9.17, 15) is 0 Å². The zero-order valence-electron chi connectivity index (χ0n) is 14.7. The smallest absolute Gasteiger partial charge is 0.0248 e. The van der Waals surface area contributed by atoms with Gasteiger partial charge in [-0.05, 0) is 81.2 Å². The summed E-state index contributed by atoms with van der Waals surface area (Å²) in [4.78, 5) is 2.68. The first-order valence-corrected chi connectivity index (χ1v) is 9.44. The number of likely N-dealkylation sites (N-methyl/N-ethyl adjacent to an activating group) is 2. The van der Waals surface area contributed by atoms with Crippen molar-refractivity contribution >= 4 is 0 Å². The van der Waals surface area contributed by atoms with Gasteiger partial charge in [0.1, 0.15) is 0 Å². The molecule has 0 aromatic rings. The van der Waals surface area contributed by atoms with Gasteiger partial charge in [0.25, 0.3) is 0 Å². The van der Waals surface area contributed by atoms with Crippen LogP contribution in [-0.2, 0) is 0 Å². The van der Waals surface area contributed by atoms with Gasteiger partial charge in [0.2, 0.25) is 0 Å². The summed E-state index contributed by atoms with van der Waals surface area (Å²) in [5.41, 5.74) is 0.633. The number of rotatable bonds is 7. The Balaban J connectivity index is 1.70. The quantitative estimate of drug-likeness (QED) is 0.768. The third kappa shape index (κ3) is 3.17. The third-order valence-electron chi connectivity index (χ3n) is 6.68. The van der Waals surface area contributed by atoms with E-state index < -0.39 is 0 Å². The first-order chi connectivity index (χ1) is 10.0. The minimum atomic E-state index is 0.633. The first kappa shape index (κ1) is 15.8. The molecule has 1 unspecified atom stereocenters. The van der Waals surface area contributed by atoms with E-state index >= 15 is 0 Å². The molecule has 4 fully saturated rings. The fraction of sp³-hybridized carbons (Fsp3) is 1.00. The fourth-order valence-corrected chi connectivity index (χ4v) is 6.30. The first-order valence-electron chi connectivity index (χ1n) is 9.44. The van der Waals surface area contributed by atoms with Crippen molar-refractivity contribution < 1.29 is 0 Å².